The number of rotatable bonds is 9. The smallest absolute Gasteiger partial charge is 0.335 e. The monoisotopic (exact) mass is 767 g/mol. The molecule has 4 aromatic rings. The average molecular weight is 768 g/mol. The lowest BCUT2D eigenvalue weighted by molar-refractivity contribution is -0.122. The normalized spacial score (nSPS) is 19.5. The van der Waals surface area contributed by atoms with Crippen LogP contribution < -0.4 is 24.6 Å². The number of carbonyl (C=O) groups is 3. The third kappa shape index (κ3) is 6.32. The molecule has 0 aromatic heterocycles. The summed E-state index contributed by atoms with van der Waals surface area (Å²) in [6, 6.07) is 27.6. The fraction of sp³-hybridized carbons (Fsp3) is 0.275. The molecule has 0 radical (unpaired) electrons. The summed E-state index contributed by atoms with van der Waals surface area (Å²) in [5.41, 5.74) is 6.66. The quantitative estimate of drug-likeness (QED) is 0.106. The summed E-state index contributed by atoms with van der Waals surface area (Å²) in [4.78, 5) is 44.8. The van der Waals surface area contributed by atoms with Crippen molar-refractivity contribution in [3.63, 3.8) is 0 Å². The number of hydrogen-bond donors (Lipinski definition) is 1. The van der Waals surface area contributed by atoms with Gasteiger partial charge in [0.1, 0.15) is 5.57 Å². The number of halogens is 1. The molecule has 0 spiro atoms. The zero-order valence-corrected chi connectivity index (χ0v) is 29.7. The summed E-state index contributed by atoms with van der Waals surface area (Å²) in [6.45, 7) is 6.73. The van der Waals surface area contributed by atoms with Gasteiger partial charge in [-0.05, 0) is 107 Å². The number of benzene rings is 4. The summed E-state index contributed by atoms with van der Waals surface area (Å²) in [7, 11) is 0. The van der Waals surface area contributed by atoms with Crippen LogP contribution in [0.3, 0.4) is 0 Å². The number of imide groups is 2. The molecular formula is C40H38IN3O5. The molecule has 2 atom stereocenters. The Morgan fingerprint density at radius 3 is 2.02 bits per heavy atom. The summed E-state index contributed by atoms with van der Waals surface area (Å²) in [5.74, 6) is -0.0683. The van der Waals surface area contributed by atoms with Crippen LogP contribution in [0.1, 0.15) is 72.8 Å². The Bertz CT molecular complexity index is 1870. The first-order valence-electron chi connectivity index (χ1n) is 16.9. The van der Waals surface area contributed by atoms with Crippen LogP contribution in [-0.4, -0.2) is 44.1 Å². The van der Waals surface area contributed by atoms with E-state index in [0.29, 0.717) is 36.0 Å². The van der Waals surface area contributed by atoms with Gasteiger partial charge >= 0.3 is 6.03 Å². The molecule has 4 aromatic carbocycles. The maximum Gasteiger partial charge on any atom is 0.335 e. The minimum atomic E-state index is -0.761. The second-order valence-corrected chi connectivity index (χ2v) is 13.7. The number of urea groups is 1. The lowest BCUT2D eigenvalue weighted by atomic mass is 9.76. The molecule has 8 nitrogen and oxygen atoms in total. The van der Waals surface area contributed by atoms with Crippen LogP contribution in [0.5, 0.6) is 11.5 Å². The largest absolute Gasteiger partial charge is 0.490 e. The first-order chi connectivity index (χ1) is 23.9. The molecule has 1 fully saturated rings. The van der Waals surface area contributed by atoms with E-state index < -0.39 is 17.8 Å². The lowest BCUT2D eigenvalue weighted by Crippen LogP contribution is -2.54. The molecule has 3 aliphatic heterocycles. The van der Waals surface area contributed by atoms with Crippen molar-refractivity contribution in [1.29, 1.82) is 0 Å². The fourth-order valence-corrected chi connectivity index (χ4v) is 8.09. The highest BCUT2D eigenvalue weighted by Crippen LogP contribution is 2.50. The second-order valence-electron chi connectivity index (χ2n) is 12.5. The third-order valence-electron chi connectivity index (χ3n) is 9.45. The van der Waals surface area contributed by atoms with Gasteiger partial charge in [-0.15, -0.1) is 0 Å². The average Bonchev–Trinajstić information content (AvgIpc) is 3.11. The number of anilines is 2. The molecule has 0 bridgehead atoms. The van der Waals surface area contributed by atoms with E-state index >= 15 is 0 Å². The molecule has 1 N–H and O–H groups in total. The highest BCUT2D eigenvalue weighted by molar-refractivity contribution is 14.1. The molecule has 1 saturated heterocycles. The fourth-order valence-electron chi connectivity index (χ4n) is 7.31. The number of ether oxygens (including phenoxy) is 2. The van der Waals surface area contributed by atoms with Crippen molar-refractivity contribution < 1.29 is 23.9 Å². The molecule has 3 heterocycles. The van der Waals surface area contributed by atoms with Crippen LogP contribution in [-0.2, 0) is 9.59 Å². The number of nitrogens with one attached hydrogen (secondary N) is 1. The second kappa shape index (κ2) is 14.1. The molecule has 49 heavy (non-hydrogen) atoms. The summed E-state index contributed by atoms with van der Waals surface area (Å²) in [5, 5.41) is 2.44. The standard InChI is InChI=1S/C40H38IN3O5/c1-3-19-49-37-34(41)21-25(22-35(37)48-4-2)20-33-38(45)42-40(47)44(39(33)46)28-23-31-29(26-11-7-5-8-12-26)15-17-43-18-16-30(32(24-28)36(31)43)27-13-9-6-10-14-27/h5-14,20-24,29-30H,3-4,15-19H2,1-2H3,(H,42,45,47)/b33-20+/t29-,30-/m1/s1. The van der Waals surface area contributed by atoms with Crippen LogP contribution >= 0.6 is 22.6 Å². The van der Waals surface area contributed by atoms with E-state index in [9.17, 15) is 14.4 Å². The first-order valence-corrected chi connectivity index (χ1v) is 18.0. The van der Waals surface area contributed by atoms with Crippen molar-refractivity contribution in [3.8, 4) is 11.5 Å². The van der Waals surface area contributed by atoms with Crippen molar-refractivity contribution in [2.75, 3.05) is 36.1 Å². The van der Waals surface area contributed by atoms with Crippen molar-refractivity contribution in [3.05, 3.63) is 122 Å². The van der Waals surface area contributed by atoms with E-state index in [1.807, 2.05) is 44.2 Å². The highest BCUT2D eigenvalue weighted by Gasteiger charge is 2.40. The van der Waals surface area contributed by atoms with Gasteiger partial charge in [-0.2, -0.15) is 0 Å². The number of barbiturate groups is 1. The summed E-state index contributed by atoms with van der Waals surface area (Å²) < 4.78 is 12.6. The Labute approximate surface area is 300 Å². The highest BCUT2D eigenvalue weighted by atomic mass is 127. The van der Waals surface area contributed by atoms with Crippen LogP contribution in [0.2, 0.25) is 0 Å². The van der Waals surface area contributed by atoms with E-state index in [0.717, 1.165) is 51.9 Å². The van der Waals surface area contributed by atoms with Gasteiger partial charge in [-0.25, -0.2) is 9.69 Å². The Morgan fingerprint density at radius 2 is 1.45 bits per heavy atom. The van der Waals surface area contributed by atoms with Gasteiger partial charge in [0.25, 0.3) is 11.8 Å². The van der Waals surface area contributed by atoms with Gasteiger partial charge in [0.2, 0.25) is 0 Å². The molecule has 4 amide bonds. The molecule has 0 unspecified atom stereocenters. The van der Waals surface area contributed by atoms with Gasteiger partial charge in [0.15, 0.2) is 11.5 Å². The summed E-state index contributed by atoms with van der Waals surface area (Å²) in [6.07, 6.45) is 4.19. The van der Waals surface area contributed by atoms with Crippen LogP contribution in [0.25, 0.3) is 6.08 Å². The minimum Gasteiger partial charge on any atom is -0.490 e. The van der Waals surface area contributed by atoms with Gasteiger partial charge in [0, 0.05) is 30.6 Å². The Morgan fingerprint density at radius 1 is 0.837 bits per heavy atom. The molecule has 0 saturated carbocycles. The maximum atomic E-state index is 14.3. The molecule has 7 rings (SSSR count). The first kappa shape index (κ1) is 32.9. The number of nitrogens with zero attached hydrogens (tertiary/aromatic N) is 2. The Hall–Kier alpha value is -4.64. The third-order valence-corrected chi connectivity index (χ3v) is 10.3. The number of hydrogen-bond acceptors (Lipinski definition) is 6. The molecule has 0 aliphatic carbocycles. The van der Waals surface area contributed by atoms with E-state index in [1.54, 1.807) is 6.07 Å². The molecular weight excluding hydrogens is 729 g/mol. The minimum absolute atomic E-state index is 0.0905. The Balaban J connectivity index is 1.34. The van der Waals surface area contributed by atoms with Crippen molar-refractivity contribution in [1.82, 2.24) is 5.32 Å². The Kier molecular flexibility index (Phi) is 9.44. The van der Waals surface area contributed by atoms with Crippen molar-refractivity contribution >= 4 is 57.9 Å². The van der Waals surface area contributed by atoms with E-state index in [4.69, 9.17) is 9.47 Å². The number of carbonyl (C=O) groups excluding carboxylic acids is 3. The van der Waals surface area contributed by atoms with Gasteiger partial charge in [0.05, 0.1) is 22.5 Å². The topological polar surface area (TPSA) is 88.2 Å². The number of amides is 4. The van der Waals surface area contributed by atoms with E-state index in [1.165, 1.54) is 22.9 Å². The zero-order valence-electron chi connectivity index (χ0n) is 27.6. The van der Waals surface area contributed by atoms with Gasteiger partial charge in [-0.1, -0.05) is 67.6 Å². The molecule has 250 valence electrons. The predicted molar refractivity (Wildman–Crippen MR) is 200 cm³/mol. The van der Waals surface area contributed by atoms with Gasteiger partial charge in [-0.3, -0.25) is 14.9 Å². The van der Waals surface area contributed by atoms with Gasteiger partial charge < -0.3 is 14.4 Å². The van der Waals surface area contributed by atoms with Crippen molar-refractivity contribution in [2.45, 2.75) is 44.9 Å². The zero-order chi connectivity index (χ0) is 34.1. The SMILES string of the molecule is CCCOc1c(I)cc(/C=C2\C(=O)NC(=O)N(c3cc4c5c(c3)[C@@H](c3ccccc3)CCN5CC[C@@H]4c3ccccc3)C2=O)cc1OCC. The van der Waals surface area contributed by atoms with Crippen LogP contribution in [0.4, 0.5) is 16.2 Å². The molecule has 3 aliphatic rings. The lowest BCUT2D eigenvalue weighted by Gasteiger charge is -2.44. The van der Waals surface area contributed by atoms with Crippen LogP contribution in [0, 0.1) is 3.57 Å². The van der Waals surface area contributed by atoms with Crippen molar-refractivity contribution in [2.24, 2.45) is 0 Å². The van der Waals surface area contributed by atoms with Crippen LogP contribution in [0.15, 0.2) is 90.5 Å². The predicted octanol–water partition coefficient (Wildman–Crippen LogP) is 8.02. The van der Waals surface area contributed by atoms with E-state index in [-0.39, 0.29) is 17.4 Å². The summed E-state index contributed by atoms with van der Waals surface area (Å²) >= 11 is 2.17. The maximum absolute atomic E-state index is 14.3. The van der Waals surface area contributed by atoms with E-state index in [2.05, 4.69) is 81.3 Å². The molecule has 9 heteroatoms.